The second-order valence-electron chi connectivity index (χ2n) is 4.90. The van der Waals surface area contributed by atoms with Gasteiger partial charge in [-0.2, -0.15) is 5.10 Å². The smallest absolute Gasteiger partial charge is 0.342 e. The maximum absolute atomic E-state index is 12.2. The van der Waals surface area contributed by atoms with Crippen LogP contribution in [-0.4, -0.2) is 48.4 Å². The van der Waals surface area contributed by atoms with Crippen LogP contribution in [0.4, 0.5) is 0 Å². The van der Waals surface area contributed by atoms with E-state index in [9.17, 15) is 18.3 Å². The molecule has 1 heterocycles. The summed E-state index contributed by atoms with van der Waals surface area (Å²) in [6.45, 7) is 5.01. The van der Waals surface area contributed by atoms with Gasteiger partial charge in [0.15, 0.2) is 5.03 Å². The highest BCUT2D eigenvalue weighted by Gasteiger charge is 2.28. The third kappa shape index (κ3) is 4.80. The molecule has 0 bridgehead atoms. The fourth-order valence-electron chi connectivity index (χ4n) is 1.78. The number of sulfonamides is 1. The van der Waals surface area contributed by atoms with Crippen molar-refractivity contribution in [3.63, 3.8) is 0 Å². The highest BCUT2D eigenvalue weighted by Crippen LogP contribution is 2.15. The first-order valence-corrected chi connectivity index (χ1v) is 8.14. The number of aliphatic hydroxyl groups is 1. The SMILES string of the molecule is CCCC(C)(O)CNS(=O)(=O)c1[nH]ncc1C(=O)OCC. The monoisotopic (exact) mass is 319 g/mol. The molecule has 0 aromatic carbocycles. The Balaban J connectivity index is 2.89. The topological polar surface area (TPSA) is 121 Å². The van der Waals surface area contributed by atoms with E-state index in [-0.39, 0.29) is 23.7 Å². The maximum Gasteiger partial charge on any atom is 0.342 e. The number of esters is 1. The predicted octanol–water partition coefficient (Wildman–Crippen LogP) is 0.416. The van der Waals surface area contributed by atoms with Gasteiger partial charge in [0, 0.05) is 6.54 Å². The Morgan fingerprint density at radius 3 is 2.76 bits per heavy atom. The summed E-state index contributed by atoms with van der Waals surface area (Å²) in [5.74, 6) is -0.771. The molecule has 1 aromatic heterocycles. The van der Waals surface area contributed by atoms with E-state index in [2.05, 4.69) is 14.9 Å². The fourth-order valence-corrected chi connectivity index (χ4v) is 3.03. The van der Waals surface area contributed by atoms with Crippen molar-refractivity contribution in [1.82, 2.24) is 14.9 Å². The molecule has 1 aromatic rings. The Morgan fingerprint density at radius 1 is 1.52 bits per heavy atom. The van der Waals surface area contributed by atoms with Gasteiger partial charge in [-0.25, -0.2) is 17.9 Å². The number of rotatable bonds is 8. The molecule has 9 heteroatoms. The van der Waals surface area contributed by atoms with Crippen molar-refractivity contribution in [2.75, 3.05) is 13.2 Å². The van der Waals surface area contributed by atoms with Gasteiger partial charge in [-0.15, -0.1) is 0 Å². The van der Waals surface area contributed by atoms with Gasteiger partial charge in [-0.1, -0.05) is 13.3 Å². The minimum atomic E-state index is -3.99. The number of hydrogen-bond acceptors (Lipinski definition) is 6. The standard InChI is InChI=1S/C12H21N3O5S/c1-4-6-12(3,17)8-14-21(18,19)10-9(7-13-15-10)11(16)20-5-2/h7,14,17H,4-6,8H2,1-3H3,(H,13,15). The summed E-state index contributed by atoms with van der Waals surface area (Å²) in [6, 6.07) is 0. The summed E-state index contributed by atoms with van der Waals surface area (Å²) in [6.07, 6.45) is 2.26. The van der Waals surface area contributed by atoms with Crippen molar-refractivity contribution in [1.29, 1.82) is 0 Å². The first-order valence-electron chi connectivity index (χ1n) is 6.66. The van der Waals surface area contributed by atoms with Crippen LogP contribution in [0.3, 0.4) is 0 Å². The van der Waals surface area contributed by atoms with Crippen LogP contribution in [0.5, 0.6) is 0 Å². The number of aromatic nitrogens is 2. The number of nitrogens with one attached hydrogen (secondary N) is 2. The number of carbonyl (C=O) groups excluding carboxylic acids is 1. The third-order valence-electron chi connectivity index (χ3n) is 2.80. The van der Waals surface area contributed by atoms with E-state index in [0.29, 0.717) is 12.8 Å². The lowest BCUT2D eigenvalue weighted by molar-refractivity contribution is 0.0522. The lowest BCUT2D eigenvalue weighted by Gasteiger charge is -2.22. The van der Waals surface area contributed by atoms with E-state index in [0.717, 1.165) is 6.20 Å². The normalized spacial score (nSPS) is 14.7. The van der Waals surface area contributed by atoms with Gasteiger partial charge >= 0.3 is 5.97 Å². The van der Waals surface area contributed by atoms with E-state index in [1.165, 1.54) is 6.92 Å². The fraction of sp³-hybridized carbons (Fsp3) is 0.667. The van der Waals surface area contributed by atoms with Crippen molar-refractivity contribution in [3.8, 4) is 0 Å². The Bertz CT molecular complexity index is 579. The average Bonchev–Trinajstić information content (AvgIpc) is 2.87. The van der Waals surface area contributed by atoms with Gasteiger partial charge in [-0.3, -0.25) is 5.10 Å². The Hall–Kier alpha value is -1.45. The van der Waals surface area contributed by atoms with Crippen molar-refractivity contribution in [2.24, 2.45) is 0 Å². The molecule has 0 amide bonds. The molecule has 0 saturated carbocycles. The minimum absolute atomic E-state index is 0.127. The second-order valence-corrected chi connectivity index (χ2v) is 6.61. The average molecular weight is 319 g/mol. The van der Waals surface area contributed by atoms with Gasteiger partial charge in [0.1, 0.15) is 5.56 Å². The molecule has 0 spiro atoms. The zero-order chi connectivity index (χ0) is 16.1. The largest absolute Gasteiger partial charge is 0.462 e. The minimum Gasteiger partial charge on any atom is -0.462 e. The molecule has 0 aliphatic rings. The van der Waals surface area contributed by atoms with Crippen molar-refractivity contribution < 1.29 is 23.1 Å². The first-order chi connectivity index (χ1) is 9.73. The number of hydrogen-bond donors (Lipinski definition) is 3. The van der Waals surface area contributed by atoms with E-state index in [4.69, 9.17) is 4.74 Å². The molecule has 0 fully saturated rings. The Morgan fingerprint density at radius 2 is 2.19 bits per heavy atom. The van der Waals surface area contributed by atoms with Gasteiger partial charge in [0.2, 0.25) is 0 Å². The van der Waals surface area contributed by atoms with Crippen LogP contribution in [-0.2, 0) is 14.8 Å². The number of aromatic amines is 1. The first kappa shape index (κ1) is 17.6. The van der Waals surface area contributed by atoms with Gasteiger partial charge in [0.25, 0.3) is 10.0 Å². The molecule has 120 valence electrons. The Labute approximate surface area is 123 Å². The molecule has 21 heavy (non-hydrogen) atoms. The molecule has 8 nitrogen and oxygen atoms in total. The van der Waals surface area contributed by atoms with Crippen LogP contribution in [0.2, 0.25) is 0 Å². The van der Waals surface area contributed by atoms with Crippen LogP contribution in [0, 0.1) is 0 Å². The quantitative estimate of drug-likeness (QED) is 0.597. The highest BCUT2D eigenvalue weighted by atomic mass is 32.2. The van der Waals surface area contributed by atoms with E-state index < -0.39 is 21.6 Å². The summed E-state index contributed by atoms with van der Waals surface area (Å²) in [7, 11) is -3.99. The number of carbonyl (C=O) groups is 1. The van der Waals surface area contributed by atoms with Crippen LogP contribution in [0.1, 0.15) is 44.0 Å². The molecular formula is C12H21N3O5S. The van der Waals surface area contributed by atoms with Crippen LogP contribution >= 0.6 is 0 Å². The van der Waals surface area contributed by atoms with Crippen LogP contribution < -0.4 is 4.72 Å². The summed E-state index contributed by atoms with van der Waals surface area (Å²) < 4.78 is 31.4. The van der Waals surface area contributed by atoms with Gasteiger partial charge in [0.05, 0.1) is 18.4 Å². The predicted molar refractivity (Wildman–Crippen MR) is 75.3 cm³/mol. The molecule has 0 radical (unpaired) electrons. The highest BCUT2D eigenvalue weighted by molar-refractivity contribution is 7.89. The van der Waals surface area contributed by atoms with Crippen molar-refractivity contribution in [3.05, 3.63) is 11.8 Å². The Kier molecular flexibility index (Phi) is 5.87. The maximum atomic E-state index is 12.2. The summed E-state index contributed by atoms with van der Waals surface area (Å²) in [4.78, 5) is 11.7. The molecule has 3 N–H and O–H groups in total. The van der Waals surface area contributed by atoms with E-state index in [1.807, 2.05) is 6.92 Å². The summed E-state index contributed by atoms with van der Waals surface area (Å²) in [5, 5.41) is 15.5. The zero-order valence-corrected chi connectivity index (χ0v) is 13.2. The van der Waals surface area contributed by atoms with Gasteiger partial charge in [-0.05, 0) is 20.3 Å². The van der Waals surface area contributed by atoms with Crippen molar-refractivity contribution in [2.45, 2.75) is 44.2 Å². The van der Waals surface area contributed by atoms with Crippen molar-refractivity contribution >= 4 is 16.0 Å². The van der Waals surface area contributed by atoms with Gasteiger partial charge < -0.3 is 9.84 Å². The molecule has 1 atom stereocenters. The number of nitrogens with zero attached hydrogens (tertiary/aromatic N) is 1. The molecule has 1 rings (SSSR count). The van der Waals surface area contributed by atoms with Crippen LogP contribution in [0.15, 0.2) is 11.2 Å². The third-order valence-corrected chi connectivity index (χ3v) is 4.17. The molecular weight excluding hydrogens is 298 g/mol. The lowest BCUT2D eigenvalue weighted by atomic mass is 10.0. The van der Waals surface area contributed by atoms with Crippen LogP contribution in [0.25, 0.3) is 0 Å². The molecule has 0 aliphatic carbocycles. The van der Waals surface area contributed by atoms with E-state index >= 15 is 0 Å². The second kappa shape index (κ2) is 7.01. The lowest BCUT2D eigenvalue weighted by Crippen LogP contribution is -2.40. The number of H-pyrrole nitrogens is 1. The van der Waals surface area contributed by atoms with E-state index in [1.54, 1.807) is 6.92 Å². The molecule has 0 aliphatic heterocycles. The molecule has 0 saturated heterocycles. The zero-order valence-electron chi connectivity index (χ0n) is 12.3. The number of ether oxygens (including phenoxy) is 1. The molecule has 1 unspecified atom stereocenters. The summed E-state index contributed by atoms with van der Waals surface area (Å²) in [5.41, 5.74) is -1.33. The summed E-state index contributed by atoms with van der Waals surface area (Å²) >= 11 is 0.